The maximum Gasteiger partial charge on any atom is 0.101 e. The van der Waals surface area contributed by atoms with Gasteiger partial charge in [-0.2, -0.15) is 5.26 Å². The van der Waals surface area contributed by atoms with Crippen LogP contribution in [0.25, 0.3) is 10.6 Å². The van der Waals surface area contributed by atoms with Crippen LogP contribution in [0.15, 0.2) is 54.9 Å². The Morgan fingerprint density at radius 1 is 1.06 bits per heavy atom. The molecule has 1 aromatic carbocycles. The van der Waals surface area contributed by atoms with Crippen molar-refractivity contribution in [2.45, 2.75) is 0 Å². The number of nitrogens with zero attached hydrogens (tertiary/aromatic N) is 2. The number of hydrogen-bond donors (Lipinski definition) is 0. The SMILES string of the molecule is N#CC(=C(Cl)c1cccnc1)c1ccccc1. The average Bonchev–Trinajstić information content (AvgIpc) is 2.42. The molecule has 0 aliphatic rings. The molecule has 2 nitrogen and oxygen atoms in total. The fourth-order valence-corrected chi connectivity index (χ4v) is 1.75. The molecule has 0 atom stereocenters. The predicted molar refractivity (Wildman–Crippen MR) is 69.0 cm³/mol. The van der Waals surface area contributed by atoms with Crippen molar-refractivity contribution < 1.29 is 0 Å². The van der Waals surface area contributed by atoms with E-state index in [1.54, 1.807) is 18.5 Å². The van der Waals surface area contributed by atoms with Gasteiger partial charge < -0.3 is 0 Å². The first-order valence-corrected chi connectivity index (χ1v) is 5.46. The fourth-order valence-electron chi connectivity index (χ4n) is 1.48. The summed E-state index contributed by atoms with van der Waals surface area (Å²) in [5, 5.41) is 9.62. The Balaban J connectivity index is 2.53. The van der Waals surface area contributed by atoms with E-state index in [0.29, 0.717) is 10.6 Å². The number of allylic oxidation sites excluding steroid dienone is 1. The van der Waals surface area contributed by atoms with E-state index < -0.39 is 0 Å². The first-order valence-electron chi connectivity index (χ1n) is 5.08. The van der Waals surface area contributed by atoms with E-state index in [2.05, 4.69) is 11.1 Å². The smallest absolute Gasteiger partial charge is 0.101 e. The second kappa shape index (κ2) is 5.29. The summed E-state index contributed by atoms with van der Waals surface area (Å²) in [6.45, 7) is 0. The van der Waals surface area contributed by atoms with Crippen LogP contribution >= 0.6 is 11.6 Å². The van der Waals surface area contributed by atoms with Crippen molar-refractivity contribution in [3.8, 4) is 6.07 Å². The third-order valence-corrected chi connectivity index (χ3v) is 2.72. The monoisotopic (exact) mass is 240 g/mol. The predicted octanol–water partition coefficient (Wildman–Crippen LogP) is 3.71. The van der Waals surface area contributed by atoms with E-state index in [1.807, 2.05) is 36.4 Å². The quantitative estimate of drug-likeness (QED) is 0.751. The molecule has 0 aliphatic heterocycles. The number of halogens is 1. The number of nitriles is 1. The molecule has 0 fully saturated rings. The van der Waals surface area contributed by atoms with Gasteiger partial charge in [-0.15, -0.1) is 0 Å². The number of hydrogen-bond acceptors (Lipinski definition) is 2. The van der Waals surface area contributed by atoms with E-state index >= 15 is 0 Å². The van der Waals surface area contributed by atoms with Crippen LogP contribution in [0.5, 0.6) is 0 Å². The van der Waals surface area contributed by atoms with Crippen molar-refractivity contribution in [1.29, 1.82) is 5.26 Å². The van der Waals surface area contributed by atoms with Crippen LogP contribution in [0.1, 0.15) is 11.1 Å². The molecule has 3 heteroatoms. The summed E-state index contributed by atoms with van der Waals surface area (Å²) in [5.74, 6) is 0. The Labute approximate surface area is 105 Å². The number of pyridine rings is 1. The minimum Gasteiger partial charge on any atom is -0.264 e. The maximum absolute atomic E-state index is 9.20. The molecule has 1 aromatic heterocycles. The van der Waals surface area contributed by atoms with Crippen LogP contribution in [-0.2, 0) is 0 Å². The molecule has 0 amide bonds. The van der Waals surface area contributed by atoms with Gasteiger partial charge in [-0.25, -0.2) is 0 Å². The van der Waals surface area contributed by atoms with E-state index in [0.717, 1.165) is 11.1 Å². The topological polar surface area (TPSA) is 36.7 Å². The molecule has 2 rings (SSSR count). The minimum absolute atomic E-state index is 0.423. The van der Waals surface area contributed by atoms with Crippen LogP contribution in [0.2, 0.25) is 0 Å². The van der Waals surface area contributed by atoms with E-state index in [1.165, 1.54) is 0 Å². The Kier molecular flexibility index (Phi) is 3.54. The van der Waals surface area contributed by atoms with Crippen LogP contribution in [0.4, 0.5) is 0 Å². The van der Waals surface area contributed by atoms with Gasteiger partial charge >= 0.3 is 0 Å². The van der Waals surface area contributed by atoms with E-state index in [-0.39, 0.29) is 0 Å². The van der Waals surface area contributed by atoms with E-state index in [4.69, 9.17) is 11.6 Å². The minimum atomic E-state index is 0.423. The summed E-state index contributed by atoms with van der Waals surface area (Å²) in [5.41, 5.74) is 2.01. The van der Waals surface area contributed by atoms with Gasteiger partial charge in [-0.3, -0.25) is 4.98 Å². The molecule has 0 saturated carbocycles. The lowest BCUT2D eigenvalue weighted by atomic mass is 10.0. The highest BCUT2D eigenvalue weighted by atomic mass is 35.5. The fraction of sp³-hybridized carbons (Fsp3) is 0. The van der Waals surface area contributed by atoms with Crippen molar-refractivity contribution in [3.05, 3.63) is 66.0 Å². The van der Waals surface area contributed by atoms with Gasteiger partial charge in [0, 0.05) is 18.0 Å². The highest BCUT2D eigenvalue weighted by Gasteiger charge is 2.08. The lowest BCUT2D eigenvalue weighted by Gasteiger charge is -2.03. The van der Waals surface area contributed by atoms with Gasteiger partial charge in [0.2, 0.25) is 0 Å². The van der Waals surface area contributed by atoms with Crippen LogP contribution < -0.4 is 0 Å². The Morgan fingerprint density at radius 3 is 2.35 bits per heavy atom. The lowest BCUT2D eigenvalue weighted by Crippen LogP contribution is -1.86. The Hall–Kier alpha value is -2.11. The molecule has 0 radical (unpaired) electrons. The Bertz CT molecular complexity index is 568. The van der Waals surface area contributed by atoms with Crippen molar-refractivity contribution in [3.63, 3.8) is 0 Å². The van der Waals surface area contributed by atoms with Crippen molar-refractivity contribution in [2.75, 3.05) is 0 Å². The van der Waals surface area contributed by atoms with Gasteiger partial charge in [0.25, 0.3) is 0 Å². The largest absolute Gasteiger partial charge is 0.264 e. The molecular formula is C14H9ClN2. The number of rotatable bonds is 2. The normalized spacial score (nSPS) is 11.5. The van der Waals surface area contributed by atoms with Crippen molar-refractivity contribution >= 4 is 22.2 Å². The first kappa shape index (κ1) is 11.4. The third kappa shape index (κ3) is 2.52. The van der Waals surface area contributed by atoms with Crippen LogP contribution in [0, 0.1) is 11.3 Å². The van der Waals surface area contributed by atoms with Crippen molar-refractivity contribution in [1.82, 2.24) is 4.98 Å². The van der Waals surface area contributed by atoms with Gasteiger partial charge in [0.05, 0.1) is 10.6 Å². The standard InChI is InChI=1S/C14H9ClN2/c15-14(12-7-4-8-17-10-12)13(9-16)11-5-2-1-3-6-11/h1-8,10H. The number of aromatic nitrogens is 1. The molecule has 82 valence electrons. The highest BCUT2D eigenvalue weighted by Crippen LogP contribution is 2.28. The second-order valence-electron chi connectivity index (χ2n) is 3.41. The zero-order chi connectivity index (χ0) is 12.1. The van der Waals surface area contributed by atoms with Crippen molar-refractivity contribution in [2.24, 2.45) is 0 Å². The molecule has 2 aromatic rings. The summed E-state index contributed by atoms with van der Waals surface area (Å²) < 4.78 is 0. The molecule has 0 aliphatic carbocycles. The summed E-state index contributed by atoms with van der Waals surface area (Å²) in [7, 11) is 0. The van der Waals surface area contributed by atoms with Gasteiger partial charge in [0.15, 0.2) is 0 Å². The molecule has 0 N–H and O–H groups in total. The highest BCUT2D eigenvalue weighted by molar-refractivity contribution is 6.53. The zero-order valence-corrected chi connectivity index (χ0v) is 9.72. The second-order valence-corrected chi connectivity index (χ2v) is 3.79. The molecular weight excluding hydrogens is 232 g/mol. The summed E-state index contributed by atoms with van der Waals surface area (Å²) in [4.78, 5) is 3.99. The lowest BCUT2D eigenvalue weighted by molar-refractivity contribution is 1.32. The number of benzene rings is 1. The maximum atomic E-state index is 9.20. The summed E-state index contributed by atoms with van der Waals surface area (Å²) in [6.07, 6.45) is 3.31. The average molecular weight is 241 g/mol. The molecule has 0 saturated heterocycles. The summed E-state index contributed by atoms with van der Waals surface area (Å²) in [6, 6.07) is 15.1. The Morgan fingerprint density at radius 2 is 1.76 bits per heavy atom. The van der Waals surface area contributed by atoms with Gasteiger partial charge in [-0.05, 0) is 11.6 Å². The summed E-state index contributed by atoms with van der Waals surface area (Å²) >= 11 is 6.22. The van der Waals surface area contributed by atoms with Crippen LogP contribution in [-0.4, -0.2) is 4.98 Å². The van der Waals surface area contributed by atoms with Gasteiger partial charge in [-0.1, -0.05) is 48.0 Å². The molecule has 0 bridgehead atoms. The molecule has 17 heavy (non-hydrogen) atoms. The van der Waals surface area contributed by atoms with Gasteiger partial charge in [0.1, 0.15) is 6.07 Å². The first-order chi connectivity index (χ1) is 8.33. The van der Waals surface area contributed by atoms with Crippen LogP contribution in [0.3, 0.4) is 0 Å². The van der Waals surface area contributed by atoms with E-state index in [9.17, 15) is 5.26 Å². The zero-order valence-electron chi connectivity index (χ0n) is 8.97. The third-order valence-electron chi connectivity index (χ3n) is 2.31. The molecule has 1 heterocycles. The molecule has 0 spiro atoms. The molecule has 0 unspecified atom stereocenters.